The van der Waals surface area contributed by atoms with Crippen molar-refractivity contribution in [3.63, 3.8) is 0 Å². The second-order valence-corrected chi connectivity index (χ2v) is 6.95. The molecule has 2 aromatic carbocycles. The molecule has 5 nitrogen and oxygen atoms in total. The molecule has 0 radical (unpaired) electrons. The van der Waals surface area contributed by atoms with Crippen molar-refractivity contribution in [2.75, 3.05) is 13.2 Å². The lowest BCUT2D eigenvalue weighted by atomic mass is 9.92. The Bertz CT molecular complexity index is 841. The first kappa shape index (κ1) is 16.8. The second kappa shape index (κ2) is 6.92. The Balaban J connectivity index is 1.64. The predicted molar refractivity (Wildman–Crippen MR) is 96.1 cm³/mol. The lowest BCUT2D eigenvalue weighted by Gasteiger charge is -2.34. The zero-order valence-electron chi connectivity index (χ0n) is 14.4. The average Bonchev–Trinajstić information content (AvgIpc) is 3.21. The van der Waals surface area contributed by atoms with E-state index in [2.05, 4.69) is 0 Å². The number of nitrogens with zero attached hydrogens (tertiary/aromatic N) is 1. The standard InChI is InChI=1S/C21H21NO4/c23-20(16-7-3-6-14(10-16)18-8-9-26-13-18)22-12-17-5-2-1-4-15(17)11-19(22)21(24)25/h1-7,10,18-19H,8-9,11-13H2,(H,24,25). The topological polar surface area (TPSA) is 66.8 Å². The summed E-state index contributed by atoms with van der Waals surface area (Å²) in [6.45, 7) is 1.74. The van der Waals surface area contributed by atoms with Crippen LogP contribution in [-0.4, -0.2) is 41.1 Å². The molecule has 2 atom stereocenters. The Kier molecular flexibility index (Phi) is 4.47. The van der Waals surface area contributed by atoms with E-state index >= 15 is 0 Å². The number of amides is 1. The van der Waals surface area contributed by atoms with Gasteiger partial charge in [-0.05, 0) is 35.2 Å². The highest BCUT2D eigenvalue weighted by atomic mass is 16.5. The number of fused-ring (bicyclic) bond motifs is 1. The molecule has 0 aromatic heterocycles. The van der Waals surface area contributed by atoms with Gasteiger partial charge in [0.1, 0.15) is 6.04 Å². The van der Waals surface area contributed by atoms with Gasteiger partial charge in [-0.2, -0.15) is 0 Å². The second-order valence-electron chi connectivity index (χ2n) is 6.95. The number of carbonyl (C=O) groups excluding carboxylic acids is 1. The van der Waals surface area contributed by atoms with Gasteiger partial charge in [-0.15, -0.1) is 0 Å². The number of carboxylic acid groups (broad SMARTS) is 1. The van der Waals surface area contributed by atoms with Gasteiger partial charge in [0.15, 0.2) is 0 Å². The number of ether oxygens (including phenoxy) is 1. The number of carbonyl (C=O) groups is 2. The maximum absolute atomic E-state index is 13.1. The molecular weight excluding hydrogens is 330 g/mol. The number of hydrogen-bond acceptors (Lipinski definition) is 3. The predicted octanol–water partition coefficient (Wildman–Crippen LogP) is 2.84. The van der Waals surface area contributed by atoms with Crippen LogP contribution in [0.4, 0.5) is 0 Å². The highest BCUT2D eigenvalue weighted by Gasteiger charge is 2.35. The molecule has 2 aliphatic rings. The van der Waals surface area contributed by atoms with Crippen LogP contribution in [0.3, 0.4) is 0 Å². The molecule has 2 aliphatic heterocycles. The monoisotopic (exact) mass is 351 g/mol. The zero-order chi connectivity index (χ0) is 18.1. The molecule has 2 heterocycles. The minimum Gasteiger partial charge on any atom is -0.480 e. The van der Waals surface area contributed by atoms with Gasteiger partial charge in [0.25, 0.3) is 5.91 Å². The van der Waals surface area contributed by atoms with E-state index in [9.17, 15) is 14.7 Å². The lowest BCUT2D eigenvalue weighted by molar-refractivity contribution is -0.142. The van der Waals surface area contributed by atoms with Gasteiger partial charge in [-0.3, -0.25) is 4.79 Å². The Labute approximate surface area is 152 Å². The third-order valence-electron chi connectivity index (χ3n) is 5.33. The van der Waals surface area contributed by atoms with Crippen LogP contribution in [-0.2, 0) is 22.5 Å². The van der Waals surface area contributed by atoms with Crippen molar-refractivity contribution in [3.05, 3.63) is 70.8 Å². The first-order valence-electron chi connectivity index (χ1n) is 8.92. The van der Waals surface area contributed by atoms with Crippen molar-refractivity contribution in [1.29, 1.82) is 0 Å². The molecule has 1 fully saturated rings. The lowest BCUT2D eigenvalue weighted by Crippen LogP contribution is -2.48. The van der Waals surface area contributed by atoms with Crippen molar-refractivity contribution in [2.24, 2.45) is 0 Å². The van der Waals surface area contributed by atoms with Gasteiger partial charge >= 0.3 is 5.97 Å². The number of carboxylic acids is 1. The van der Waals surface area contributed by atoms with Gasteiger partial charge in [-0.25, -0.2) is 4.79 Å². The summed E-state index contributed by atoms with van der Waals surface area (Å²) in [7, 11) is 0. The number of benzene rings is 2. The van der Waals surface area contributed by atoms with Gasteiger partial charge < -0.3 is 14.7 Å². The molecule has 0 aliphatic carbocycles. The molecule has 0 spiro atoms. The molecule has 1 N–H and O–H groups in total. The van der Waals surface area contributed by atoms with Crippen molar-refractivity contribution in [2.45, 2.75) is 31.3 Å². The molecule has 5 heteroatoms. The Morgan fingerprint density at radius 3 is 2.62 bits per heavy atom. The normalized spacial score (nSPS) is 22.1. The highest BCUT2D eigenvalue weighted by molar-refractivity contribution is 5.97. The first-order valence-corrected chi connectivity index (χ1v) is 8.92. The molecule has 1 saturated heterocycles. The number of aliphatic carboxylic acids is 1. The third-order valence-corrected chi connectivity index (χ3v) is 5.33. The number of rotatable bonds is 3. The Hall–Kier alpha value is -2.66. The highest BCUT2D eigenvalue weighted by Crippen LogP contribution is 2.28. The Morgan fingerprint density at radius 2 is 1.88 bits per heavy atom. The summed E-state index contributed by atoms with van der Waals surface area (Å²) in [5.74, 6) is -0.888. The summed E-state index contributed by atoms with van der Waals surface area (Å²) in [5.41, 5.74) is 3.64. The maximum Gasteiger partial charge on any atom is 0.326 e. The van der Waals surface area contributed by atoms with E-state index in [0.717, 1.165) is 29.7 Å². The third kappa shape index (κ3) is 3.10. The molecule has 1 amide bonds. The number of hydrogen-bond donors (Lipinski definition) is 1. The first-order chi connectivity index (χ1) is 12.6. The van der Waals surface area contributed by atoms with Crippen molar-refractivity contribution in [3.8, 4) is 0 Å². The summed E-state index contributed by atoms with van der Waals surface area (Å²) < 4.78 is 5.44. The van der Waals surface area contributed by atoms with Gasteiger partial charge in [-0.1, -0.05) is 36.4 Å². The van der Waals surface area contributed by atoms with E-state index in [1.165, 1.54) is 4.90 Å². The average molecular weight is 351 g/mol. The van der Waals surface area contributed by atoms with E-state index in [1.54, 1.807) is 6.07 Å². The minimum atomic E-state index is -0.965. The molecule has 2 aromatic rings. The van der Waals surface area contributed by atoms with Crippen LogP contribution < -0.4 is 0 Å². The van der Waals surface area contributed by atoms with Gasteiger partial charge in [0.05, 0.1) is 6.61 Å². The van der Waals surface area contributed by atoms with Crippen LogP contribution in [0.2, 0.25) is 0 Å². The summed E-state index contributed by atoms with van der Waals surface area (Å²) in [6.07, 6.45) is 1.29. The zero-order valence-corrected chi connectivity index (χ0v) is 14.4. The van der Waals surface area contributed by atoms with Gasteiger partial charge in [0.2, 0.25) is 0 Å². The smallest absolute Gasteiger partial charge is 0.326 e. The van der Waals surface area contributed by atoms with Crippen molar-refractivity contribution >= 4 is 11.9 Å². The SMILES string of the molecule is O=C(O)C1Cc2ccccc2CN1C(=O)c1cccc(C2CCOC2)c1. The summed E-state index contributed by atoms with van der Waals surface area (Å²) >= 11 is 0. The van der Waals surface area contributed by atoms with E-state index in [1.807, 2.05) is 42.5 Å². The fourth-order valence-corrected chi connectivity index (χ4v) is 3.85. The fourth-order valence-electron chi connectivity index (χ4n) is 3.85. The quantitative estimate of drug-likeness (QED) is 0.923. The van der Waals surface area contributed by atoms with Crippen LogP contribution in [0.5, 0.6) is 0 Å². The Morgan fingerprint density at radius 1 is 1.08 bits per heavy atom. The van der Waals surface area contributed by atoms with Crippen LogP contribution in [0, 0.1) is 0 Å². The molecule has 134 valence electrons. The fraction of sp³-hybridized carbons (Fsp3) is 0.333. The van der Waals surface area contributed by atoms with Crippen LogP contribution in [0.25, 0.3) is 0 Å². The summed E-state index contributed by atoms with van der Waals surface area (Å²) in [5, 5.41) is 9.65. The van der Waals surface area contributed by atoms with Crippen LogP contribution in [0.15, 0.2) is 48.5 Å². The van der Waals surface area contributed by atoms with Crippen LogP contribution >= 0.6 is 0 Å². The van der Waals surface area contributed by atoms with E-state index in [0.29, 0.717) is 31.1 Å². The minimum absolute atomic E-state index is 0.229. The van der Waals surface area contributed by atoms with Crippen molar-refractivity contribution in [1.82, 2.24) is 4.90 Å². The van der Waals surface area contributed by atoms with E-state index in [4.69, 9.17) is 4.74 Å². The van der Waals surface area contributed by atoms with Gasteiger partial charge in [0, 0.05) is 31.1 Å². The van der Waals surface area contributed by atoms with E-state index in [-0.39, 0.29) is 5.91 Å². The van der Waals surface area contributed by atoms with Crippen LogP contribution in [0.1, 0.15) is 39.4 Å². The molecule has 0 bridgehead atoms. The summed E-state index contributed by atoms with van der Waals surface area (Å²) in [6, 6.07) is 14.4. The molecule has 4 rings (SSSR count). The molecular formula is C21H21NO4. The van der Waals surface area contributed by atoms with E-state index < -0.39 is 12.0 Å². The maximum atomic E-state index is 13.1. The van der Waals surface area contributed by atoms with Crippen molar-refractivity contribution < 1.29 is 19.4 Å². The molecule has 0 saturated carbocycles. The molecule has 26 heavy (non-hydrogen) atoms. The largest absolute Gasteiger partial charge is 0.480 e. The molecule has 2 unspecified atom stereocenters. The summed E-state index contributed by atoms with van der Waals surface area (Å²) in [4.78, 5) is 26.4.